The largest absolute Gasteiger partial charge is 0.382 e. The molecular formula is C14H15IN4OS. The van der Waals surface area contributed by atoms with Crippen molar-refractivity contribution in [3.8, 4) is 0 Å². The molecule has 110 valence electrons. The van der Waals surface area contributed by atoms with Crippen molar-refractivity contribution in [2.24, 2.45) is 0 Å². The van der Waals surface area contributed by atoms with Gasteiger partial charge in [0.25, 0.3) is 5.91 Å². The first-order chi connectivity index (χ1) is 10.1. The normalized spacial score (nSPS) is 14.4. The lowest BCUT2D eigenvalue weighted by atomic mass is 10.3. The van der Waals surface area contributed by atoms with Gasteiger partial charge in [-0.3, -0.25) is 4.79 Å². The second kappa shape index (κ2) is 6.18. The van der Waals surface area contributed by atoms with Gasteiger partial charge in [0.1, 0.15) is 10.7 Å². The summed E-state index contributed by atoms with van der Waals surface area (Å²) in [6.45, 7) is 1.98. The molecule has 5 nitrogen and oxygen atoms in total. The van der Waals surface area contributed by atoms with Gasteiger partial charge in [0.05, 0.1) is 0 Å². The summed E-state index contributed by atoms with van der Waals surface area (Å²) in [6, 6.07) is 7.65. The van der Waals surface area contributed by atoms with Gasteiger partial charge >= 0.3 is 0 Å². The number of carbonyl (C=O) groups excluding carboxylic acids is 1. The number of aromatic nitrogens is 1. The van der Waals surface area contributed by atoms with Crippen LogP contribution < -0.4 is 16.0 Å². The fourth-order valence-electron chi connectivity index (χ4n) is 2.28. The SMILES string of the molecule is Nc1nc(N2CCCC2)sc1C(=O)Nc1cccc(I)c1. The highest BCUT2D eigenvalue weighted by atomic mass is 127. The Morgan fingerprint density at radius 2 is 2.14 bits per heavy atom. The molecule has 0 aliphatic carbocycles. The van der Waals surface area contributed by atoms with E-state index in [0.717, 1.165) is 27.5 Å². The molecule has 0 atom stereocenters. The van der Waals surface area contributed by atoms with E-state index in [0.29, 0.717) is 10.7 Å². The molecule has 0 unspecified atom stereocenters. The van der Waals surface area contributed by atoms with Crippen LogP contribution >= 0.6 is 33.9 Å². The molecule has 0 bridgehead atoms. The third-order valence-corrected chi connectivity index (χ3v) is 5.11. The number of nitrogens with one attached hydrogen (secondary N) is 1. The second-order valence-corrected chi connectivity index (χ2v) is 7.09. The van der Waals surface area contributed by atoms with Gasteiger partial charge in [0.15, 0.2) is 5.13 Å². The van der Waals surface area contributed by atoms with Crippen molar-refractivity contribution in [2.75, 3.05) is 29.0 Å². The molecule has 1 aromatic carbocycles. The Labute approximate surface area is 140 Å². The van der Waals surface area contributed by atoms with Crippen LogP contribution in [0.3, 0.4) is 0 Å². The average Bonchev–Trinajstić information content (AvgIpc) is 3.07. The molecule has 1 aromatic heterocycles. The minimum absolute atomic E-state index is 0.197. The van der Waals surface area contributed by atoms with E-state index in [1.54, 1.807) is 0 Å². The minimum Gasteiger partial charge on any atom is -0.382 e. The fourth-order valence-corrected chi connectivity index (χ4v) is 3.76. The van der Waals surface area contributed by atoms with Crippen LogP contribution in [0.5, 0.6) is 0 Å². The van der Waals surface area contributed by atoms with Crippen LogP contribution in [-0.2, 0) is 0 Å². The molecule has 1 aliphatic heterocycles. The zero-order chi connectivity index (χ0) is 14.8. The van der Waals surface area contributed by atoms with Crippen molar-refractivity contribution in [2.45, 2.75) is 12.8 Å². The molecule has 1 amide bonds. The zero-order valence-corrected chi connectivity index (χ0v) is 14.3. The van der Waals surface area contributed by atoms with Crippen LogP contribution in [0.25, 0.3) is 0 Å². The number of nitrogen functional groups attached to an aromatic ring is 1. The van der Waals surface area contributed by atoms with E-state index in [1.165, 1.54) is 24.2 Å². The summed E-state index contributed by atoms with van der Waals surface area (Å²) < 4.78 is 1.07. The molecule has 2 aromatic rings. The number of nitrogens with zero attached hydrogens (tertiary/aromatic N) is 2. The number of carbonyl (C=O) groups is 1. The lowest BCUT2D eigenvalue weighted by molar-refractivity contribution is 0.103. The summed E-state index contributed by atoms with van der Waals surface area (Å²) in [5, 5.41) is 3.72. The molecule has 1 saturated heterocycles. The Morgan fingerprint density at radius 3 is 2.86 bits per heavy atom. The molecule has 3 rings (SSSR count). The van der Waals surface area contributed by atoms with Crippen LogP contribution in [-0.4, -0.2) is 24.0 Å². The van der Waals surface area contributed by atoms with Crippen LogP contribution in [0, 0.1) is 3.57 Å². The second-order valence-electron chi connectivity index (χ2n) is 4.87. The number of anilines is 3. The Balaban J connectivity index is 1.78. The summed E-state index contributed by atoms with van der Waals surface area (Å²) in [7, 11) is 0. The average molecular weight is 414 g/mol. The molecular weight excluding hydrogens is 399 g/mol. The van der Waals surface area contributed by atoms with E-state index in [9.17, 15) is 4.79 Å². The predicted molar refractivity (Wildman–Crippen MR) is 95.1 cm³/mol. The summed E-state index contributed by atoms with van der Waals surface area (Å²) in [5.74, 6) is 0.113. The van der Waals surface area contributed by atoms with Crippen molar-refractivity contribution in [1.29, 1.82) is 0 Å². The molecule has 7 heteroatoms. The topological polar surface area (TPSA) is 71.2 Å². The Morgan fingerprint density at radius 1 is 1.38 bits per heavy atom. The predicted octanol–water partition coefficient (Wildman–Crippen LogP) is 3.18. The number of hydrogen-bond donors (Lipinski definition) is 2. The highest BCUT2D eigenvalue weighted by Crippen LogP contribution is 2.30. The summed E-state index contributed by atoms with van der Waals surface area (Å²) in [4.78, 5) is 19.3. The molecule has 1 fully saturated rings. The minimum atomic E-state index is -0.197. The highest BCUT2D eigenvalue weighted by molar-refractivity contribution is 14.1. The van der Waals surface area contributed by atoms with Gasteiger partial charge < -0.3 is 16.0 Å². The van der Waals surface area contributed by atoms with Crippen LogP contribution in [0.4, 0.5) is 16.6 Å². The van der Waals surface area contributed by atoms with Gasteiger partial charge in [0, 0.05) is 22.3 Å². The van der Waals surface area contributed by atoms with E-state index in [4.69, 9.17) is 5.73 Å². The van der Waals surface area contributed by atoms with Gasteiger partial charge in [0.2, 0.25) is 0 Å². The standard InChI is InChI=1S/C14H15IN4OS/c15-9-4-3-5-10(8-9)17-13(20)11-12(16)18-14(21-11)19-6-1-2-7-19/h3-5,8H,1-2,6-7,16H2,(H,17,20). The lowest BCUT2D eigenvalue weighted by Gasteiger charge is -2.11. The number of rotatable bonds is 3. The smallest absolute Gasteiger partial charge is 0.269 e. The summed E-state index contributed by atoms with van der Waals surface area (Å²) >= 11 is 3.58. The third-order valence-electron chi connectivity index (χ3n) is 3.31. The van der Waals surface area contributed by atoms with Crippen molar-refractivity contribution < 1.29 is 4.79 Å². The molecule has 1 aliphatic rings. The third kappa shape index (κ3) is 3.29. The molecule has 0 spiro atoms. The number of hydrogen-bond acceptors (Lipinski definition) is 5. The number of thiazole rings is 1. The summed E-state index contributed by atoms with van der Waals surface area (Å²) in [5.41, 5.74) is 6.67. The lowest BCUT2D eigenvalue weighted by Crippen LogP contribution is -2.17. The number of benzene rings is 1. The van der Waals surface area contributed by atoms with Crippen molar-refractivity contribution in [3.05, 3.63) is 32.7 Å². The van der Waals surface area contributed by atoms with E-state index in [-0.39, 0.29) is 5.91 Å². The van der Waals surface area contributed by atoms with Gasteiger partial charge in [-0.05, 0) is 53.6 Å². The van der Waals surface area contributed by atoms with Crippen LogP contribution in [0.1, 0.15) is 22.5 Å². The first-order valence-corrected chi connectivity index (χ1v) is 8.61. The quantitative estimate of drug-likeness (QED) is 0.757. The Kier molecular flexibility index (Phi) is 4.29. The maximum absolute atomic E-state index is 12.3. The van der Waals surface area contributed by atoms with Crippen LogP contribution in [0.15, 0.2) is 24.3 Å². The Hall–Kier alpha value is -1.35. The molecule has 2 heterocycles. The maximum atomic E-state index is 12.3. The van der Waals surface area contributed by atoms with Crippen LogP contribution in [0.2, 0.25) is 0 Å². The molecule has 0 saturated carbocycles. The molecule has 21 heavy (non-hydrogen) atoms. The van der Waals surface area contributed by atoms with E-state index in [1.807, 2.05) is 24.3 Å². The maximum Gasteiger partial charge on any atom is 0.269 e. The number of nitrogens with two attached hydrogens (primary N) is 1. The molecule has 3 N–H and O–H groups in total. The van der Waals surface area contributed by atoms with E-state index >= 15 is 0 Å². The van der Waals surface area contributed by atoms with Crippen molar-refractivity contribution >= 4 is 56.5 Å². The Bertz CT molecular complexity index is 667. The van der Waals surface area contributed by atoms with Crippen molar-refractivity contribution in [3.63, 3.8) is 0 Å². The number of amides is 1. The monoisotopic (exact) mass is 414 g/mol. The fraction of sp³-hybridized carbons (Fsp3) is 0.286. The van der Waals surface area contributed by atoms with Gasteiger partial charge in [-0.25, -0.2) is 4.98 Å². The van der Waals surface area contributed by atoms with E-state index < -0.39 is 0 Å². The van der Waals surface area contributed by atoms with Gasteiger partial charge in [-0.15, -0.1) is 0 Å². The number of halogens is 1. The first kappa shape index (κ1) is 14.6. The first-order valence-electron chi connectivity index (χ1n) is 6.71. The van der Waals surface area contributed by atoms with E-state index in [2.05, 4.69) is 37.8 Å². The zero-order valence-electron chi connectivity index (χ0n) is 11.3. The van der Waals surface area contributed by atoms with Gasteiger partial charge in [-0.2, -0.15) is 0 Å². The van der Waals surface area contributed by atoms with Crippen molar-refractivity contribution in [1.82, 2.24) is 4.98 Å². The highest BCUT2D eigenvalue weighted by Gasteiger charge is 2.21. The summed E-state index contributed by atoms with van der Waals surface area (Å²) in [6.07, 6.45) is 2.34. The molecule has 0 radical (unpaired) electrons. The van der Waals surface area contributed by atoms with Gasteiger partial charge in [-0.1, -0.05) is 17.4 Å².